The average Bonchev–Trinajstić information content (AvgIpc) is 2.55. The highest BCUT2D eigenvalue weighted by molar-refractivity contribution is 5.67. The van der Waals surface area contributed by atoms with Crippen LogP contribution in [0.15, 0.2) is 36.4 Å². The van der Waals surface area contributed by atoms with Crippen molar-refractivity contribution in [3.8, 4) is 11.3 Å². The minimum atomic E-state index is 0.998. The predicted octanol–water partition coefficient (Wildman–Crippen LogP) is 3.79. The van der Waals surface area contributed by atoms with Crippen molar-refractivity contribution < 1.29 is 0 Å². The molecule has 84 valence electrons. The first-order valence-electron chi connectivity index (χ1n) is 6.00. The van der Waals surface area contributed by atoms with Crippen LogP contribution in [0.1, 0.15) is 26.2 Å². The molecule has 16 heavy (non-hydrogen) atoms. The molecule has 1 aliphatic carbocycles. The summed E-state index contributed by atoms with van der Waals surface area (Å²) in [5.74, 6) is 0.998. The highest BCUT2D eigenvalue weighted by atomic mass is 15.0. The van der Waals surface area contributed by atoms with E-state index in [2.05, 4.69) is 29.4 Å². The van der Waals surface area contributed by atoms with Gasteiger partial charge in [0.15, 0.2) is 0 Å². The number of anilines is 1. The lowest BCUT2D eigenvalue weighted by Gasteiger charge is -2.00. The molecule has 0 bridgehead atoms. The molecule has 0 atom stereocenters. The number of hydrogen-bond acceptors (Lipinski definition) is 2. The Kier molecular flexibility index (Phi) is 3.76. The molecule has 0 spiro atoms. The molecule has 0 radical (unpaired) electrons. The molecule has 0 aromatic heterocycles. The number of nitrogens with one attached hydrogen (secondary N) is 1. The van der Waals surface area contributed by atoms with E-state index in [1.807, 2.05) is 24.3 Å². The molecule has 1 N–H and O–H groups in total. The lowest BCUT2D eigenvalue weighted by atomic mass is 10.2. The molecular formula is C14H18N2. The zero-order valence-corrected chi connectivity index (χ0v) is 9.74. The maximum Gasteiger partial charge on any atom is 0.127 e. The van der Waals surface area contributed by atoms with Gasteiger partial charge in [0.1, 0.15) is 5.82 Å². The molecular weight excluding hydrogens is 196 g/mol. The van der Waals surface area contributed by atoms with E-state index in [0.29, 0.717) is 0 Å². The molecule has 2 nitrogen and oxygen atoms in total. The zero-order chi connectivity index (χ0) is 11.2. The lowest BCUT2D eigenvalue weighted by Crippen LogP contribution is -2.00. The monoisotopic (exact) mass is 214 g/mol. The molecule has 0 aromatic rings. The Hall–Kier alpha value is -1.57. The largest absolute Gasteiger partial charge is 0.370 e. The van der Waals surface area contributed by atoms with E-state index in [4.69, 9.17) is 0 Å². The second-order valence-electron chi connectivity index (χ2n) is 4.03. The topological polar surface area (TPSA) is 24.9 Å². The van der Waals surface area contributed by atoms with Crippen molar-refractivity contribution in [2.75, 3.05) is 11.9 Å². The number of unbranched alkanes of at least 4 members (excludes halogenated alkanes) is 2. The summed E-state index contributed by atoms with van der Waals surface area (Å²) < 4.78 is 0. The number of hydrogen-bond donors (Lipinski definition) is 1. The molecule has 2 heteroatoms. The maximum atomic E-state index is 4.54. The van der Waals surface area contributed by atoms with Crippen LogP contribution in [0.3, 0.4) is 0 Å². The van der Waals surface area contributed by atoms with Crippen molar-refractivity contribution in [3.05, 3.63) is 36.4 Å². The summed E-state index contributed by atoms with van der Waals surface area (Å²) in [6, 6.07) is 12.4. The third-order valence-electron chi connectivity index (χ3n) is 2.67. The summed E-state index contributed by atoms with van der Waals surface area (Å²) in [5.41, 5.74) is 2.26. The highest BCUT2D eigenvalue weighted by Crippen LogP contribution is 2.23. The first-order chi connectivity index (χ1) is 7.90. The van der Waals surface area contributed by atoms with Gasteiger partial charge in [-0.2, -0.15) is 0 Å². The molecule has 0 saturated carbocycles. The second-order valence-corrected chi connectivity index (χ2v) is 4.03. The van der Waals surface area contributed by atoms with Crippen LogP contribution in [0, 0.1) is 0 Å². The number of rotatable bonds is 5. The first-order valence-corrected chi connectivity index (χ1v) is 6.00. The van der Waals surface area contributed by atoms with Crippen LogP contribution in [-0.4, -0.2) is 11.5 Å². The first kappa shape index (κ1) is 10.9. The molecule has 2 rings (SSSR count). The second kappa shape index (κ2) is 5.50. The summed E-state index contributed by atoms with van der Waals surface area (Å²) in [4.78, 5) is 4.54. The van der Waals surface area contributed by atoms with Gasteiger partial charge in [0.2, 0.25) is 0 Å². The summed E-state index contributed by atoms with van der Waals surface area (Å²) in [6.45, 7) is 3.23. The van der Waals surface area contributed by atoms with E-state index in [0.717, 1.165) is 18.1 Å². The van der Waals surface area contributed by atoms with Gasteiger partial charge in [-0.3, -0.25) is 0 Å². The van der Waals surface area contributed by atoms with Gasteiger partial charge < -0.3 is 5.32 Å². The Balaban J connectivity index is 2.01. The minimum Gasteiger partial charge on any atom is -0.370 e. The van der Waals surface area contributed by atoms with Crippen LogP contribution in [0.5, 0.6) is 0 Å². The Morgan fingerprint density at radius 1 is 1.12 bits per heavy atom. The Morgan fingerprint density at radius 3 is 2.88 bits per heavy atom. The van der Waals surface area contributed by atoms with E-state index < -0.39 is 0 Å². The molecule has 1 aliphatic heterocycles. The van der Waals surface area contributed by atoms with E-state index in [1.54, 1.807) is 0 Å². The van der Waals surface area contributed by atoms with Gasteiger partial charge in [-0.25, -0.2) is 4.98 Å². The van der Waals surface area contributed by atoms with E-state index >= 15 is 0 Å². The summed E-state index contributed by atoms with van der Waals surface area (Å²) in [7, 11) is 0. The van der Waals surface area contributed by atoms with Crippen LogP contribution in [0.2, 0.25) is 0 Å². The fraction of sp³-hybridized carbons (Fsp3) is 0.357. The van der Waals surface area contributed by atoms with Crippen molar-refractivity contribution in [1.82, 2.24) is 4.98 Å². The summed E-state index contributed by atoms with van der Waals surface area (Å²) in [5, 5.41) is 3.37. The van der Waals surface area contributed by atoms with Crippen molar-refractivity contribution in [3.63, 3.8) is 0 Å². The van der Waals surface area contributed by atoms with E-state index in [-0.39, 0.29) is 0 Å². The van der Waals surface area contributed by atoms with Crippen LogP contribution < -0.4 is 5.32 Å². The standard InChI is InChI=1S/C14H18N2/c1-2-3-7-10-15-14-11-12-8-5-4-6-9-13(12)16-14/h4-6,8-9,11H,2-3,7,10H2,1H3,(H,15,16). The summed E-state index contributed by atoms with van der Waals surface area (Å²) in [6.07, 6.45) is 3.75. The van der Waals surface area contributed by atoms with Gasteiger partial charge in [0, 0.05) is 12.1 Å². The number of fused-ring (bicyclic) bond motifs is 1. The van der Waals surface area contributed by atoms with Crippen LogP contribution in [-0.2, 0) is 0 Å². The molecule has 0 aromatic carbocycles. The van der Waals surface area contributed by atoms with Gasteiger partial charge in [0.05, 0.1) is 5.69 Å². The molecule has 2 aliphatic rings. The Labute approximate surface area is 97.1 Å². The van der Waals surface area contributed by atoms with Crippen molar-refractivity contribution >= 4 is 5.82 Å². The average molecular weight is 214 g/mol. The van der Waals surface area contributed by atoms with Crippen LogP contribution in [0.4, 0.5) is 5.82 Å². The Morgan fingerprint density at radius 2 is 2.00 bits per heavy atom. The van der Waals surface area contributed by atoms with Crippen molar-refractivity contribution in [2.45, 2.75) is 26.2 Å². The van der Waals surface area contributed by atoms with Gasteiger partial charge >= 0.3 is 0 Å². The van der Waals surface area contributed by atoms with E-state index in [1.165, 1.54) is 24.8 Å². The summed E-state index contributed by atoms with van der Waals surface area (Å²) >= 11 is 0. The lowest BCUT2D eigenvalue weighted by molar-refractivity contribution is 0.743. The van der Waals surface area contributed by atoms with Gasteiger partial charge in [-0.15, -0.1) is 0 Å². The number of nitrogens with zero attached hydrogens (tertiary/aromatic N) is 1. The molecule has 1 heterocycles. The SMILES string of the molecule is CCCCCNc1cc2cccccc-2n1. The fourth-order valence-corrected chi connectivity index (χ4v) is 1.77. The van der Waals surface area contributed by atoms with Crippen LogP contribution in [0.25, 0.3) is 11.3 Å². The van der Waals surface area contributed by atoms with E-state index in [9.17, 15) is 0 Å². The van der Waals surface area contributed by atoms with Gasteiger partial charge in [-0.1, -0.05) is 44.0 Å². The third kappa shape index (κ3) is 2.72. The molecule has 0 amide bonds. The minimum absolute atomic E-state index is 0.998. The fourth-order valence-electron chi connectivity index (χ4n) is 1.77. The van der Waals surface area contributed by atoms with Crippen molar-refractivity contribution in [2.24, 2.45) is 0 Å². The molecule has 0 saturated heterocycles. The quantitative estimate of drug-likeness (QED) is 0.766. The predicted molar refractivity (Wildman–Crippen MR) is 68.9 cm³/mol. The normalized spacial score (nSPS) is 10.6. The zero-order valence-electron chi connectivity index (χ0n) is 9.74. The van der Waals surface area contributed by atoms with Crippen molar-refractivity contribution in [1.29, 1.82) is 0 Å². The Bertz CT molecular complexity index is 381. The van der Waals surface area contributed by atoms with Gasteiger partial charge in [-0.05, 0) is 18.6 Å². The third-order valence-corrected chi connectivity index (χ3v) is 2.67. The van der Waals surface area contributed by atoms with Gasteiger partial charge in [0.25, 0.3) is 0 Å². The smallest absolute Gasteiger partial charge is 0.127 e. The molecule has 0 unspecified atom stereocenters. The highest BCUT2D eigenvalue weighted by Gasteiger charge is 2.05. The maximum absolute atomic E-state index is 4.54. The number of aromatic nitrogens is 1. The van der Waals surface area contributed by atoms with Crippen LogP contribution >= 0.6 is 0 Å². The molecule has 0 fully saturated rings.